The number of thioether (sulfide) groups is 1. The van der Waals surface area contributed by atoms with Gasteiger partial charge >= 0.3 is 0 Å². The molecule has 0 fully saturated rings. The largest absolute Gasteiger partial charge is 0.493 e. The van der Waals surface area contributed by atoms with Crippen LogP contribution in [0, 0.1) is 0 Å². The molecule has 0 spiro atoms. The maximum atomic E-state index is 6.18. The second kappa shape index (κ2) is 6.42. The fourth-order valence-corrected chi connectivity index (χ4v) is 2.43. The Morgan fingerprint density at radius 3 is 2.32 bits per heavy atom. The molecular formula is C14H12Cl2O2S. The van der Waals surface area contributed by atoms with E-state index in [0.717, 1.165) is 4.90 Å². The molecule has 2 aromatic rings. The van der Waals surface area contributed by atoms with Crippen LogP contribution in [0.25, 0.3) is 0 Å². The molecule has 0 saturated carbocycles. The van der Waals surface area contributed by atoms with Crippen molar-refractivity contribution >= 4 is 35.0 Å². The molecule has 2 nitrogen and oxygen atoms in total. The van der Waals surface area contributed by atoms with Crippen LogP contribution in [0.2, 0.25) is 10.0 Å². The number of hydrogen-bond acceptors (Lipinski definition) is 3. The molecule has 0 aliphatic carbocycles. The van der Waals surface area contributed by atoms with Gasteiger partial charge in [-0.05, 0) is 36.6 Å². The molecule has 0 aliphatic heterocycles. The van der Waals surface area contributed by atoms with E-state index in [1.807, 2.05) is 24.5 Å². The van der Waals surface area contributed by atoms with Crippen LogP contribution < -0.4 is 9.47 Å². The van der Waals surface area contributed by atoms with E-state index in [1.54, 1.807) is 37.1 Å². The minimum absolute atomic E-state index is 0.536. The van der Waals surface area contributed by atoms with Crippen LogP contribution in [-0.4, -0.2) is 13.4 Å². The Labute approximate surface area is 126 Å². The second-order valence-electron chi connectivity index (χ2n) is 3.69. The van der Waals surface area contributed by atoms with Crippen molar-refractivity contribution in [1.82, 2.24) is 0 Å². The minimum Gasteiger partial charge on any atom is -0.493 e. The predicted molar refractivity (Wildman–Crippen MR) is 81.3 cm³/mol. The van der Waals surface area contributed by atoms with Crippen LogP contribution in [0.5, 0.6) is 17.2 Å². The van der Waals surface area contributed by atoms with Crippen LogP contribution in [0.4, 0.5) is 0 Å². The van der Waals surface area contributed by atoms with Gasteiger partial charge in [-0.3, -0.25) is 0 Å². The fourth-order valence-electron chi connectivity index (χ4n) is 1.54. The first kappa shape index (κ1) is 14.4. The molecular weight excluding hydrogens is 303 g/mol. The summed E-state index contributed by atoms with van der Waals surface area (Å²) in [5, 5.41) is 1.13. The standard InChI is InChI=1S/C14H12Cl2O2S/c1-17-13-5-3-9(15)7-14(13)18-12-6-4-10(19-2)8-11(12)16/h3-8H,1-2H3. The molecule has 0 amide bonds. The first-order valence-electron chi connectivity index (χ1n) is 5.49. The van der Waals surface area contributed by atoms with Gasteiger partial charge in [0.2, 0.25) is 0 Å². The topological polar surface area (TPSA) is 18.5 Å². The number of ether oxygens (including phenoxy) is 2. The number of benzene rings is 2. The predicted octanol–water partition coefficient (Wildman–Crippen LogP) is 5.52. The number of rotatable bonds is 4. The highest BCUT2D eigenvalue weighted by atomic mass is 35.5. The Kier molecular flexibility index (Phi) is 4.86. The Balaban J connectivity index is 2.33. The molecule has 2 aromatic carbocycles. The summed E-state index contributed by atoms with van der Waals surface area (Å²) in [6, 6.07) is 10.8. The molecule has 0 saturated heterocycles. The average molecular weight is 315 g/mol. The first-order valence-corrected chi connectivity index (χ1v) is 7.47. The van der Waals surface area contributed by atoms with Crippen LogP contribution in [0.15, 0.2) is 41.3 Å². The maximum Gasteiger partial charge on any atom is 0.170 e. The van der Waals surface area contributed by atoms with Crippen molar-refractivity contribution in [3.05, 3.63) is 46.4 Å². The molecule has 100 valence electrons. The molecule has 0 bridgehead atoms. The van der Waals surface area contributed by atoms with Gasteiger partial charge in [0.25, 0.3) is 0 Å². The first-order chi connectivity index (χ1) is 9.13. The van der Waals surface area contributed by atoms with Gasteiger partial charge in [-0.1, -0.05) is 23.2 Å². The third-order valence-electron chi connectivity index (χ3n) is 2.48. The monoisotopic (exact) mass is 314 g/mol. The smallest absolute Gasteiger partial charge is 0.170 e. The van der Waals surface area contributed by atoms with Crippen molar-refractivity contribution in [3.63, 3.8) is 0 Å². The zero-order valence-electron chi connectivity index (χ0n) is 10.4. The summed E-state index contributed by atoms with van der Waals surface area (Å²) < 4.78 is 11.0. The van der Waals surface area contributed by atoms with Gasteiger partial charge in [0, 0.05) is 16.0 Å². The summed E-state index contributed by atoms with van der Waals surface area (Å²) in [7, 11) is 1.58. The van der Waals surface area contributed by atoms with E-state index in [9.17, 15) is 0 Å². The summed E-state index contributed by atoms with van der Waals surface area (Å²) in [5.41, 5.74) is 0. The van der Waals surface area contributed by atoms with E-state index in [0.29, 0.717) is 27.3 Å². The molecule has 0 unspecified atom stereocenters. The zero-order valence-corrected chi connectivity index (χ0v) is 12.8. The van der Waals surface area contributed by atoms with E-state index < -0.39 is 0 Å². The lowest BCUT2D eigenvalue weighted by Gasteiger charge is -2.12. The number of hydrogen-bond donors (Lipinski definition) is 0. The quantitative estimate of drug-likeness (QED) is 0.693. The molecule has 5 heteroatoms. The van der Waals surface area contributed by atoms with Gasteiger partial charge in [0.05, 0.1) is 12.1 Å². The molecule has 19 heavy (non-hydrogen) atoms. The summed E-state index contributed by atoms with van der Waals surface area (Å²) in [4.78, 5) is 1.08. The summed E-state index contributed by atoms with van der Waals surface area (Å²) in [6.07, 6.45) is 1.99. The van der Waals surface area contributed by atoms with Crippen molar-refractivity contribution in [2.24, 2.45) is 0 Å². The molecule has 0 aromatic heterocycles. The summed E-state index contributed by atoms with van der Waals surface area (Å²) in [5.74, 6) is 1.71. The second-order valence-corrected chi connectivity index (χ2v) is 5.42. The van der Waals surface area contributed by atoms with Gasteiger partial charge < -0.3 is 9.47 Å². The van der Waals surface area contributed by atoms with Crippen molar-refractivity contribution in [2.75, 3.05) is 13.4 Å². The highest BCUT2D eigenvalue weighted by Gasteiger charge is 2.09. The van der Waals surface area contributed by atoms with Crippen molar-refractivity contribution in [1.29, 1.82) is 0 Å². The highest BCUT2D eigenvalue weighted by molar-refractivity contribution is 7.98. The number of halogens is 2. The molecule has 0 aliphatic rings. The van der Waals surface area contributed by atoms with E-state index in [4.69, 9.17) is 32.7 Å². The highest BCUT2D eigenvalue weighted by Crippen LogP contribution is 2.37. The lowest BCUT2D eigenvalue weighted by Crippen LogP contribution is -1.91. The summed E-state index contributed by atoms with van der Waals surface area (Å²) in [6.45, 7) is 0. The molecule has 0 heterocycles. The van der Waals surface area contributed by atoms with Crippen LogP contribution >= 0.6 is 35.0 Å². The summed E-state index contributed by atoms with van der Waals surface area (Å²) >= 11 is 13.8. The third kappa shape index (κ3) is 3.50. The van der Waals surface area contributed by atoms with E-state index in [-0.39, 0.29) is 0 Å². The van der Waals surface area contributed by atoms with Crippen molar-refractivity contribution in [3.8, 4) is 17.2 Å². The minimum atomic E-state index is 0.536. The molecule has 0 radical (unpaired) electrons. The Morgan fingerprint density at radius 1 is 0.947 bits per heavy atom. The maximum absolute atomic E-state index is 6.18. The van der Waals surface area contributed by atoms with E-state index in [2.05, 4.69) is 0 Å². The molecule has 2 rings (SSSR count). The van der Waals surface area contributed by atoms with Gasteiger partial charge in [0.15, 0.2) is 11.5 Å². The van der Waals surface area contributed by atoms with Crippen LogP contribution in [0.1, 0.15) is 0 Å². The van der Waals surface area contributed by atoms with Crippen molar-refractivity contribution in [2.45, 2.75) is 4.90 Å². The zero-order chi connectivity index (χ0) is 13.8. The average Bonchev–Trinajstić information content (AvgIpc) is 2.41. The molecule has 0 atom stereocenters. The Bertz CT molecular complexity index is 588. The van der Waals surface area contributed by atoms with Gasteiger partial charge in [0.1, 0.15) is 5.75 Å². The number of methoxy groups -OCH3 is 1. The van der Waals surface area contributed by atoms with Crippen LogP contribution in [-0.2, 0) is 0 Å². The molecule has 0 N–H and O–H groups in total. The van der Waals surface area contributed by atoms with Gasteiger partial charge in [-0.15, -0.1) is 11.8 Å². The lowest BCUT2D eigenvalue weighted by atomic mass is 10.3. The lowest BCUT2D eigenvalue weighted by molar-refractivity contribution is 0.379. The third-order valence-corrected chi connectivity index (χ3v) is 3.74. The van der Waals surface area contributed by atoms with Crippen molar-refractivity contribution < 1.29 is 9.47 Å². The Morgan fingerprint density at radius 2 is 1.68 bits per heavy atom. The van der Waals surface area contributed by atoms with Gasteiger partial charge in [-0.2, -0.15) is 0 Å². The normalized spacial score (nSPS) is 10.3. The Hall–Kier alpha value is -1.03. The van der Waals surface area contributed by atoms with Gasteiger partial charge in [-0.25, -0.2) is 0 Å². The van der Waals surface area contributed by atoms with Crippen LogP contribution in [0.3, 0.4) is 0 Å². The fraction of sp³-hybridized carbons (Fsp3) is 0.143. The van der Waals surface area contributed by atoms with E-state index in [1.165, 1.54) is 0 Å². The SMILES string of the molecule is COc1ccc(Cl)cc1Oc1ccc(SC)cc1Cl. The van der Waals surface area contributed by atoms with E-state index >= 15 is 0 Å².